The van der Waals surface area contributed by atoms with Crippen molar-refractivity contribution in [2.24, 2.45) is 0 Å². The summed E-state index contributed by atoms with van der Waals surface area (Å²) in [4.78, 5) is 9.92. The molecule has 0 radical (unpaired) electrons. The minimum absolute atomic E-state index is 0.0618. The number of nitrogens with zero attached hydrogens (tertiary/aromatic N) is 4. The second-order valence-electron chi connectivity index (χ2n) is 15.5. The molecule has 0 amide bonds. The second-order valence-corrected chi connectivity index (χ2v) is 15.5. The van der Waals surface area contributed by atoms with Gasteiger partial charge >= 0.3 is 14.0 Å². The van der Waals surface area contributed by atoms with Crippen LogP contribution in [0, 0.1) is 20.8 Å². The highest BCUT2D eigenvalue weighted by atomic mass is 15.2. The standard InChI is InChI=1S/C48H56B2N4/c1-35(2)45-33-44(34-46(36(3)4)48(45)49(51(8)40-23-15-11-16-24-40)52(9)41-25-17-12-18-26-41)54(43-29-21-14-22-30-43)50(53(10)42-27-19-13-20-28-42)47-38(6)31-37(5)32-39(47)7/h11-36H,1-10H3. The van der Waals surface area contributed by atoms with Gasteiger partial charge in [0.25, 0.3) is 0 Å². The molecule has 0 atom stereocenters. The maximum Gasteiger partial charge on any atom is 0.416 e. The third kappa shape index (κ3) is 7.94. The van der Waals surface area contributed by atoms with E-state index in [1.54, 1.807) is 0 Å². The van der Waals surface area contributed by atoms with Crippen molar-refractivity contribution in [3.05, 3.63) is 173 Å². The summed E-state index contributed by atoms with van der Waals surface area (Å²) in [7, 11) is 6.73. The highest BCUT2D eigenvalue weighted by Gasteiger charge is 2.39. The van der Waals surface area contributed by atoms with Gasteiger partial charge < -0.3 is 19.2 Å². The van der Waals surface area contributed by atoms with Crippen LogP contribution >= 0.6 is 0 Å². The van der Waals surface area contributed by atoms with Crippen molar-refractivity contribution in [3.8, 4) is 0 Å². The van der Waals surface area contributed by atoms with E-state index in [1.807, 2.05) is 0 Å². The molecule has 6 aromatic rings. The van der Waals surface area contributed by atoms with Gasteiger partial charge in [0.05, 0.1) is 0 Å². The quantitative estimate of drug-likeness (QED) is 0.111. The topological polar surface area (TPSA) is 13.0 Å². The third-order valence-electron chi connectivity index (χ3n) is 10.9. The number of aryl methyl sites for hydroxylation is 3. The summed E-state index contributed by atoms with van der Waals surface area (Å²) in [6.45, 7) is 16.0. The zero-order chi connectivity index (χ0) is 38.5. The molecule has 0 bridgehead atoms. The van der Waals surface area contributed by atoms with Gasteiger partial charge in [-0.3, -0.25) is 0 Å². The van der Waals surface area contributed by atoms with Crippen LogP contribution < -0.4 is 30.2 Å². The Balaban J connectivity index is 1.67. The van der Waals surface area contributed by atoms with Crippen LogP contribution in [-0.4, -0.2) is 35.1 Å². The van der Waals surface area contributed by atoms with Crippen LogP contribution in [-0.2, 0) is 0 Å². The van der Waals surface area contributed by atoms with Crippen molar-refractivity contribution < 1.29 is 0 Å². The molecule has 0 unspecified atom stereocenters. The second kappa shape index (κ2) is 16.8. The Morgan fingerprint density at radius 1 is 0.389 bits per heavy atom. The van der Waals surface area contributed by atoms with Crippen LogP contribution in [0.4, 0.5) is 28.4 Å². The van der Waals surface area contributed by atoms with Crippen molar-refractivity contribution in [1.82, 2.24) is 0 Å². The molecule has 0 saturated carbocycles. The van der Waals surface area contributed by atoms with Gasteiger partial charge in [-0.05, 0) is 136 Å². The van der Waals surface area contributed by atoms with Gasteiger partial charge in [-0.25, -0.2) is 0 Å². The first kappa shape index (κ1) is 38.4. The molecule has 4 nitrogen and oxygen atoms in total. The predicted molar refractivity (Wildman–Crippen MR) is 239 cm³/mol. The Morgan fingerprint density at radius 3 is 1.07 bits per heavy atom. The summed E-state index contributed by atoms with van der Waals surface area (Å²) in [5.74, 6) is 0.526. The fourth-order valence-corrected chi connectivity index (χ4v) is 8.25. The normalized spacial score (nSPS) is 11.1. The summed E-state index contributed by atoms with van der Waals surface area (Å²) >= 11 is 0. The first-order chi connectivity index (χ1) is 26.0. The molecule has 0 spiro atoms. The Labute approximate surface area is 326 Å². The molecule has 0 aliphatic carbocycles. The van der Waals surface area contributed by atoms with E-state index in [4.69, 9.17) is 0 Å². The largest absolute Gasteiger partial charge is 0.416 e. The molecule has 0 aliphatic rings. The lowest BCUT2D eigenvalue weighted by molar-refractivity contribution is 0.843. The molecule has 6 rings (SSSR count). The highest BCUT2D eigenvalue weighted by molar-refractivity contribution is 6.82. The van der Waals surface area contributed by atoms with Crippen LogP contribution in [0.5, 0.6) is 0 Å². The molecular weight excluding hydrogens is 654 g/mol. The monoisotopic (exact) mass is 710 g/mol. The number of rotatable bonds is 13. The van der Waals surface area contributed by atoms with Crippen molar-refractivity contribution in [2.75, 3.05) is 40.4 Å². The van der Waals surface area contributed by atoms with Gasteiger partial charge in [-0.1, -0.05) is 129 Å². The van der Waals surface area contributed by atoms with E-state index in [9.17, 15) is 0 Å². The summed E-state index contributed by atoms with van der Waals surface area (Å²) in [6, 6.07) is 53.1. The molecule has 0 aliphatic heterocycles. The van der Waals surface area contributed by atoms with Gasteiger partial charge in [0.2, 0.25) is 0 Å². The van der Waals surface area contributed by atoms with Gasteiger partial charge in [-0.2, -0.15) is 0 Å². The minimum atomic E-state index is -0.129. The maximum atomic E-state index is 2.58. The van der Waals surface area contributed by atoms with Crippen molar-refractivity contribution >= 4 is 53.3 Å². The van der Waals surface area contributed by atoms with Crippen LogP contribution in [0.2, 0.25) is 0 Å². The number of para-hydroxylation sites is 4. The van der Waals surface area contributed by atoms with E-state index in [-0.39, 0.29) is 25.8 Å². The molecule has 0 N–H and O–H groups in total. The summed E-state index contributed by atoms with van der Waals surface area (Å²) in [6.07, 6.45) is 0. The zero-order valence-corrected chi connectivity index (χ0v) is 34.0. The molecule has 0 heterocycles. The molecule has 274 valence electrons. The Bertz CT molecular complexity index is 2020. The third-order valence-corrected chi connectivity index (χ3v) is 10.9. The van der Waals surface area contributed by atoms with Gasteiger partial charge in [-0.15, -0.1) is 0 Å². The van der Waals surface area contributed by atoms with Crippen LogP contribution in [0.3, 0.4) is 0 Å². The van der Waals surface area contributed by atoms with Crippen LogP contribution in [0.1, 0.15) is 67.3 Å². The van der Waals surface area contributed by atoms with Crippen molar-refractivity contribution in [2.45, 2.75) is 60.3 Å². The minimum Gasteiger partial charge on any atom is -0.395 e. The van der Waals surface area contributed by atoms with Crippen molar-refractivity contribution in [3.63, 3.8) is 0 Å². The molecule has 0 fully saturated rings. The molecular formula is C48H56B2N4. The molecule has 54 heavy (non-hydrogen) atoms. The average Bonchev–Trinajstić information content (AvgIpc) is 3.18. The van der Waals surface area contributed by atoms with Crippen LogP contribution in [0.25, 0.3) is 0 Å². The Morgan fingerprint density at radius 2 is 0.722 bits per heavy atom. The van der Waals surface area contributed by atoms with E-state index in [2.05, 4.69) is 234 Å². The average molecular weight is 711 g/mol. The van der Waals surface area contributed by atoms with Gasteiger partial charge in [0, 0.05) is 28.4 Å². The molecule has 0 aromatic heterocycles. The molecule has 0 saturated heterocycles. The summed E-state index contributed by atoms with van der Waals surface area (Å²) in [5, 5.41) is 0. The smallest absolute Gasteiger partial charge is 0.395 e. The Hall–Kier alpha value is -5.35. The summed E-state index contributed by atoms with van der Waals surface area (Å²) < 4.78 is 0. The lowest BCUT2D eigenvalue weighted by Crippen LogP contribution is -2.61. The predicted octanol–water partition coefficient (Wildman–Crippen LogP) is 10.5. The number of hydrogen-bond donors (Lipinski definition) is 0. The van der Waals surface area contributed by atoms with E-state index < -0.39 is 0 Å². The van der Waals surface area contributed by atoms with Crippen LogP contribution in [0.15, 0.2) is 146 Å². The SMILES string of the molecule is Cc1cc(C)c(B(N(C)c2ccccc2)N(c2ccccc2)c2cc(C(C)C)c(B(N(C)c3ccccc3)N(C)c3ccccc3)c(C(C)C)c2)c(C)c1. The van der Waals surface area contributed by atoms with Gasteiger partial charge in [0.15, 0.2) is 0 Å². The fourth-order valence-electron chi connectivity index (χ4n) is 8.25. The first-order valence-corrected chi connectivity index (χ1v) is 19.4. The van der Waals surface area contributed by atoms with E-state index in [0.29, 0.717) is 0 Å². The first-order valence-electron chi connectivity index (χ1n) is 19.4. The van der Waals surface area contributed by atoms with E-state index in [1.165, 1.54) is 61.5 Å². The Kier molecular flexibility index (Phi) is 11.9. The molecule has 6 heteroatoms. The molecule has 6 aromatic carbocycles. The lowest BCUT2D eigenvalue weighted by atomic mass is 9.57. The highest BCUT2D eigenvalue weighted by Crippen LogP contribution is 2.35. The lowest BCUT2D eigenvalue weighted by Gasteiger charge is -2.41. The zero-order valence-electron chi connectivity index (χ0n) is 34.0. The summed E-state index contributed by atoms with van der Waals surface area (Å²) in [5.41, 5.74) is 15.1. The van der Waals surface area contributed by atoms with E-state index in [0.717, 1.165) is 5.69 Å². The van der Waals surface area contributed by atoms with Gasteiger partial charge in [0.1, 0.15) is 0 Å². The number of hydrogen-bond acceptors (Lipinski definition) is 4. The fraction of sp³-hybridized carbons (Fsp3) is 0.250. The van der Waals surface area contributed by atoms with E-state index >= 15 is 0 Å². The number of anilines is 5. The maximum absolute atomic E-state index is 2.58. The van der Waals surface area contributed by atoms with Crippen molar-refractivity contribution in [1.29, 1.82) is 0 Å². The number of benzene rings is 6.